The minimum atomic E-state index is -0.390. The first-order valence-corrected chi connectivity index (χ1v) is 8.22. The van der Waals surface area contributed by atoms with E-state index in [0.29, 0.717) is 6.04 Å². The number of hydrogen-bond acceptors (Lipinski definition) is 3. The summed E-state index contributed by atoms with van der Waals surface area (Å²) in [4.78, 5) is 2.50. The summed E-state index contributed by atoms with van der Waals surface area (Å²) in [7, 11) is 1.94. The van der Waals surface area contributed by atoms with Gasteiger partial charge in [-0.25, -0.2) is 0 Å². The molecule has 0 bridgehead atoms. The van der Waals surface area contributed by atoms with Gasteiger partial charge >= 0.3 is 0 Å². The number of rotatable bonds is 10. The van der Waals surface area contributed by atoms with Crippen LogP contribution in [0.2, 0.25) is 0 Å². The van der Waals surface area contributed by atoms with Crippen LogP contribution in [0.1, 0.15) is 45.6 Å². The van der Waals surface area contributed by atoms with E-state index in [1.54, 1.807) is 0 Å². The highest BCUT2D eigenvalue weighted by atomic mass is 16.3. The van der Waals surface area contributed by atoms with Crippen LogP contribution in [0.3, 0.4) is 0 Å². The molecule has 2 unspecified atom stereocenters. The Bertz CT molecular complexity index is 376. The van der Waals surface area contributed by atoms with Crippen molar-refractivity contribution in [2.75, 3.05) is 26.7 Å². The van der Waals surface area contributed by atoms with Crippen molar-refractivity contribution in [2.24, 2.45) is 0 Å². The molecule has 3 heteroatoms. The normalized spacial score (nSPS) is 15.9. The Labute approximate surface area is 130 Å². The van der Waals surface area contributed by atoms with E-state index in [0.717, 1.165) is 25.1 Å². The van der Waals surface area contributed by atoms with E-state index < -0.39 is 5.54 Å². The van der Waals surface area contributed by atoms with Crippen molar-refractivity contribution in [3.05, 3.63) is 35.9 Å². The lowest BCUT2D eigenvalue weighted by Crippen LogP contribution is -2.54. The maximum atomic E-state index is 10.1. The van der Waals surface area contributed by atoms with Crippen LogP contribution in [0.5, 0.6) is 0 Å². The van der Waals surface area contributed by atoms with Crippen LogP contribution in [-0.4, -0.2) is 42.8 Å². The van der Waals surface area contributed by atoms with E-state index in [4.69, 9.17) is 0 Å². The van der Waals surface area contributed by atoms with Gasteiger partial charge in [-0.2, -0.15) is 0 Å². The summed E-state index contributed by atoms with van der Waals surface area (Å²) in [6.07, 6.45) is 3.53. The second-order valence-electron chi connectivity index (χ2n) is 5.94. The second-order valence-corrected chi connectivity index (χ2v) is 5.94. The molecule has 0 spiro atoms. The molecule has 2 N–H and O–H groups in total. The first kappa shape index (κ1) is 18.1. The molecule has 0 fully saturated rings. The molecule has 120 valence electrons. The number of aliphatic hydroxyl groups excluding tert-OH is 1. The molecule has 0 aliphatic rings. The van der Waals surface area contributed by atoms with Crippen molar-refractivity contribution in [1.29, 1.82) is 0 Å². The molecule has 0 amide bonds. The number of aliphatic hydroxyl groups is 1. The second kappa shape index (κ2) is 9.19. The summed E-state index contributed by atoms with van der Waals surface area (Å²) in [5, 5.41) is 13.4. The molecular weight excluding hydrogens is 260 g/mol. The molecule has 2 atom stereocenters. The third-order valence-electron chi connectivity index (χ3n) is 4.56. The highest BCUT2D eigenvalue weighted by Gasteiger charge is 2.33. The van der Waals surface area contributed by atoms with Crippen molar-refractivity contribution in [3.63, 3.8) is 0 Å². The van der Waals surface area contributed by atoms with E-state index >= 15 is 0 Å². The van der Waals surface area contributed by atoms with E-state index in [1.807, 2.05) is 25.2 Å². The number of nitrogens with zero attached hydrogens (tertiary/aromatic N) is 1. The Morgan fingerprint density at radius 3 is 2.38 bits per heavy atom. The van der Waals surface area contributed by atoms with Gasteiger partial charge in [0.25, 0.3) is 0 Å². The van der Waals surface area contributed by atoms with Crippen molar-refractivity contribution >= 4 is 0 Å². The summed E-state index contributed by atoms with van der Waals surface area (Å²) in [6.45, 7) is 8.75. The standard InChI is InChI=1S/C18H32N2O/c1-5-7-13-20(16(3)6-2)14-18(15-21,19-4)17-11-9-8-10-12-17/h8-12,16,19,21H,5-7,13-15H2,1-4H3. The van der Waals surface area contributed by atoms with Crippen molar-refractivity contribution < 1.29 is 5.11 Å². The lowest BCUT2D eigenvalue weighted by atomic mass is 9.89. The maximum absolute atomic E-state index is 10.1. The number of benzene rings is 1. The summed E-state index contributed by atoms with van der Waals surface area (Å²) >= 11 is 0. The number of likely N-dealkylation sites (N-methyl/N-ethyl adjacent to an activating group) is 1. The van der Waals surface area contributed by atoms with Gasteiger partial charge in [-0.05, 0) is 38.9 Å². The molecule has 1 aromatic rings. The first-order valence-electron chi connectivity index (χ1n) is 8.22. The highest BCUT2D eigenvalue weighted by molar-refractivity contribution is 5.25. The van der Waals surface area contributed by atoms with Gasteiger partial charge in [0.05, 0.1) is 12.1 Å². The maximum Gasteiger partial charge on any atom is 0.0795 e. The lowest BCUT2D eigenvalue weighted by Gasteiger charge is -2.40. The molecule has 0 heterocycles. The molecule has 0 saturated carbocycles. The first-order chi connectivity index (χ1) is 10.1. The van der Waals surface area contributed by atoms with Crippen LogP contribution in [0, 0.1) is 0 Å². The van der Waals surface area contributed by atoms with Gasteiger partial charge in [0, 0.05) is 12.6 Å². The fraction of sp³-hybridized carbons (Fsp3) is 0.667. The molecule has 1 aromatic carbocycles. The molecule has 0 aliphatic carbocycles. The Balaban J connectivity index is 2.98. The minimum absolute atomic E-state index is 0.104. The average Bonchev–Trinajstić information content (AvgIpc) is 2.56. The monoisotopic (exact) mass is 292 g/mol. The lowest BCUT2D eigenvalue weighted by molar-refractivity contribution is 0.0893. The smallest absolute Gasteiger partial charge is 0.0795 e. The summed E-state index contributed by atoms with van der Waals surface area (Å²) in [5.41, 5.74) is 0.762. The SMILES string of the molecule is CCCCN(CC(CO)(NC)c1ccccc1)C(C)CC. The summed E-state index contributed by atoms with van der Waals surface area (Å²) in [5.74, 6) is 0. The Morgan fingerprint density at radius 2 is 1.90 bits per heavy atom. The van der Waals surface area contributed by atoms with Crippen LogP contribution < -0.4 is 5.32 Å². The van der Waals surface area contributed by atoms with E-state index in [9.17, 15) is 5.11 Å². The highest BCUT2D eigenvalue weighted by Crippen LogP contribution is 2.23. The van der Waals surface area contributed by atoms with Gasteiger partial charge < -0.3 is 10.4 Å². The third kappa shape index (κ3) is 4.80. The third-order valence-corrected chi connectivity index (χ3v) is 4.56. The molecule has 0 aliphatic heterocycles. The average molecular weight is 292 g/mol. The fourth-order valence-electron chi connectivity index (χ4n) is 2.71. The quantitative estimate of drug-likeness (QED) is 0.696. The van der Waals surface area contributed by atoms with Crippen LogP contribution in [-0.2, 0) is 5.54 Å². The van der Waals surface area contributed by atoms with Gasteiger partial charge in [0.2, 0.25) is 0 Å². The predicted molar refractivity (Wildman–Crippen MR) is 90.5 cm³/mol. The molecule has 0 aromatic heterocycles. The Kier molecular flexibility index (Phi) is 7.94. The van der Waals surface area contributed by atoms with Crippen LogP contribution in [0.25, 0.3) is 0 Å². The van der Waals surface area contributed by atoms with Crippen LogP contribution >= 0.6 is 0 Å². The molecule has 3 nitrogen and oxygen atoms in total. The van der Waals surface area contributed by atoms with Gasteiger partial charge in [0.15, 0.2) is 0 Å². The van der Waals surface area contributed by atoms with Crippen molar-refractivity contribution in [1.82, 2.24) is 10.2 Å². The fourth-order valence-corrected chi connectivity index (χ4v) is 2.71. The zero-order valence-corrected chi connectivity index (χ0v) is 14.1. The Morgan fingerprint density at radius 1 is 1.24 bits per heavy atom. The Hall–Kier alpha value is -0.900. The number of unbranched alkanes of at least 4 members (excludes halogenated alkanes) is 1. The molecule has 1 rings (SSSR count). The van der Waals surface area contributed by atoms with Gasteiger partial charge in [-0.1, -0.05) is 50.6 Å². The van der Waals surface area contributed by atoms with E-state index in [2.05, 4.69) is 43.1 Å². The van der Waals surface area contributed by atoms with Crippen LogP contribution in [0.4, 0.5) is 0 Å². The van der Waals surface area contributed by atoms with Crippen LogP contribution in [0.15, 0.2) is 30.3 Å². The number of hydrogen-bond donors (Lipinski definition) is 2. The molecule has 0 saturated heterocycles. The predicted octanol–water partition coefficient (Wildman–Crippen LogP) is 2.99. The minimum Gasteiger partial charge on any atom is -0.394 e. The van der Waals surface area contributed by atoms with Gasteiger partial charge in [-0.15, -0.1) is 0 Å². The van der Waals surface area contributed by atoms with Crippen molar-refractivity contribution in [2.45, 2.75) is 51.6 Å². The van der Waals surface area contributed by atoms with E-state index in [-0.39, 0.29) is 6.61 Å². The molecule has 21 heavy (non-hydrogen) atoms. The van der Waals surface area contributed by atoms with Gasteiger partial charge in [-0.3, -0.25) is 4.90 Å². The number of nitrogens with one attached hydrogen (secondary N) is 1. The molecular formula is C18H32N2O. The topological polar surface area (TPSA) is 35.5 Å². The summed E-state index contributed by atoms with van der Waals surface area (Å²) in [6, 6.07) is 10.8. The zero-order valence-electron chi connectivity index (χ0n) is 14.1. The van der Waals surface area contributed by atoms with E-state index in [1.165, 1.54) is 12.8 Å². The van der Waals surface area contributed by atoms with Gasteiger partial charge in [0.1, 0.15) is 0 Å². The molecule has 0 radical (unpaired) electrons. The van der Waals surface area contributed by atoms with Crippen molar-refractivity contribution in [3.8, 4) is 0 Å². The zero-order chi connectivity index (χ0) is 15.7. The largest absolute Gasteiger partial charge is 0.394 e. The summed E-state index contributed by atoms with van der Waals surface area (Å²) < 4.78 is 0.